The van der Waals surface area contributed by atoms with Gasteiger partial charge in [-0.3, -0.25) is 14.5 Å². The molecule has 1 aliphatic carbocycles. The predicted molar refractivity (Wildman–Crippen MR) is 167 cm³/mol. The van der Waals surface area contributed by atoms with Crippen molar-refractivity contribution in [3.05, 3.63) is 46.2 Å². The fourth-order valence-electron chi connectivity index (χ4n) is 5.57. The van der Waals surface area contributed by atoms with Gasteiger partial charge in [-0.2, -0.15) is 13.2 Å². The minimum atomic E-state index is -4.23. The molecule has 1 amide bonds. The Hall–Kier alpha value is -3.18. The molecule has 0 radical (unpaired) electrons. The van der Waals surface area contributed by atoms with Crippen molar-refractivity contribution in [1.29, 1.82) is 5.26 Å². The highest BCUT2D eigenvalue weighted by Crippen LogP contribution is 2.59. The molecule has 2 fully saturated rings. The Bertz CT molecular complexity index is 1450. The molecule has 1 atom stereocenters. The number of rotatable bonds is 13. The minimum absolute atomic E-state index is 0.0585. The zero-order valence-corrected chi connectivity index (χ0v) is 26.5. The molecule has 1 unspecified atom stereocenters. The zero-order chi connectivity index (χ0) is 32.1. The smallest absolute Gasteiger partial charge is 0.394 e. The number of alkyl halides is 3. The molecule has 0 spiro atoms. The quantitative estimate of drug-likeness (QED) is 0.0801. The van der Waals surface area contributed by atoms with Crippen molar-refractivity contribution in [3.8, 4) is 17.7 Å². The number of pyridine rings is 1. The number of carbonyl (C=O) groups excluding carboxylic acids is 1. The maximum atomic E-state index is 13.1. The van der Waals surface area contributed by atoms with Crippen LogP contribution in [-0.2, 0) is 0 Å². The van der Waals surface area contributed by atoms with Gasteiger partial charge in [0.05, 0.1) is 22.5 Å². The lowest BCUT2D eigenvalue weighted by Gasteiger charge is -2.18. The molecular formula is C29H36BClF3N7O2S. The molecule has 0 aromatic carbocycles. The summed E-state index contributed by atoms with van der Waals surface area (Å²) in [6.45, 7) is 6.77. The average molecular weight is 650 g/mol. The lowest BCUT2D eigenvalue weighted by atomic mass is 9.37. The molecule has 9 nitrogen and oxygen atoms in total. The first-order chi connectivity index (χ1) is 20.8. The van der Waals surface area contributed by atoms with E-state index < -0.39 is 17.5 Å². The highest BCUT2D eigenvalue weighted by atomic mass is 35.5. The van der Waals surface area contributed by atoms with E-state index in [4.69, 9.17) is 22.1 Å². The first-order valence-electron chi connectivity index (χ1n) is 14.5. The van der Waals surface area contributed by atoms with Crippen LogP contribution >= 0.6 is 23.5 Å². The maximum Gasteiger partial charge on any atom is 0.394 e. The van der Waals surface area contributed by atoms with Gasteiger partial charge in [0.1, 0.15) is 5.15 Å². The Morgan fingerprint density at radius 1 is 1.39 bits per heavy atom. The lowest BCUT2D eigenvalue weighted by Crippen LogP contribution is -2.26. The highest BCUT2D eigenvalue weighted by molar-refractivity contribution is 8.02. The normalized spacial score (nSPS) is 19.5. The summed E-state index contributed by atoms with van der Waals surface area (Å²) in [5, 5.41) is 13.6. The minimum Gasteiger partial charge on any atom is -0.477 e. The number of hydrogen-bond donors (Lipinski definition) is 2. The summed E-state index contributed by atoms with van der Waals surface area (Å²) in [6.07, 6.45) is 2.73. The van der Waals surface area contributed by atoms with Crippen LogP contribution in [0.4, 0.5) is 13.2 Å². The molecule has 44 heavy (non-hydrogen) atoms. The van der Waals surface area contributed by atoms with E-state index >= 15 is 0 Å². The summed E-state index contributed by atoms with van der Waals surface area (Å²) in [5.74, 6) is 2.96. The van der Waals surface area contributed by atoms with Gasteiger partial charge in [0.2, 0.25) is 5.88 Å². The second kappa shape index (κ2) is 13.9. The Morgan fingerprint density at radius 3 is 2.75 bits per heavy atom. The van der Waals surface area contributed by atoms with E-state index in [-0.39, 0.29) is 54.5 Å². The van der Waals surface area contributed by atoms with Gasteiger partial charge in [0.15, 0.2) is 5.82 Å². The molecule has 236 valence electrons. The van der Waals surface area contributed by atoms with Gasteiger partial charge in [-0.05, 0) is 74.3 Å². The Balaban J connectivity index is 1.24. The number of aromatic nitrogens is 3. The highest BCUT2D eigenvalue weighted by Gasteiger charge is 2.62. The van der Waals surface area contributed by atoms with Crippen LogP contribution in [0.25, 0.3) is 5.82 Å². The van der Waals surface area contributed by atoms with Crippen molar-refractivity contribution in [2.75, 3.05) is 13.2 Å². The topological polar surface area (TPSA) is 131 Å². The summed E-state index contributed by atoms with van der Waals surface area (Å²) in [6, 6.07) is 4.56. The number of carbonyl (C=O) groups is 1. The third-order valence-corrected chi connectivity index (χ3v) is 9.75. The number of nitrogens with zero attached hydrogens (tertiary/aromatic N) is 5. The Morgan fingerprint density at radius 2 is 2.14 bits per heavy atom. The average Bonchev–Trinajstić information content (AvgIpc) is 3.52. The van der Waals surface area contributed by atoms with Crippen molar-refractivity contribution in [2.45, 2.75) is 77.1 Å². The van der Waals surface area contributed by atoms with Gasteiger partial charge in [-0.15, -0.1) is 5.10 Å². The van der Waals surface area contributed by atoms with Crippen molar-refractivity contribution in [2.24, 2.45) is 22.1 Å². The van der Waals surface area contributed by atoms with Crippen molar-refractivity contribution < 1.29 is 22.7 Å². The van der Waals surface area contributed by atoms with Crippen LogP contribution in [0.3, 0.4) is 0 Å². The lowest BCUT2D eigenvalue weighted by molar-refractivity contribution is -0.190. The van der Waals surface area contributed by atoms with Crippen LogP contribution in [0, 0.1) is 22.6 Å². The van der Waals surface area contributed by atoms with Gasteiger partial charge < -0.3 is 10.5 Å². The third kappa shape index (κ3) is 8.10. The summed E-state index contributed by atoms with van der Waals surface area (Å²) in [4.78, 5) is 22.3. The molecule has 15 heteroatoms. The van der Waals surface area contributed by atoms with Crippen LogP contribution in [0.5, 0.6) is 5.88 Å². The van der Waals surface area contributed by atoms with E-state index in [0.717, 1.165) is 37.5 Å². The predicted octanol–water partition coefficient (Wildman–Crippen LogP) is 6.81. The molecule has 1 saturated carbocycles. The van der Waals surface area contributed by atoms with E-state index in [2.05, 4.69) is 39.6 Å². The van der Waals surface area contributed by atoms with Gasteiger partial charge in [-0.25, -0.2) is 14.9 Å². The Kier molecular flexibility index (Phi) is 10.6. The largest absolute Gasteiger partial charge is 0.477 e. The summed E-state index contributed by atoms with van der Waals surface area (Å²) >= 11 is 7.33. The number of nitrogens with one attached hydrogen (secondary N) is 1. The number of amides is 1. The van der Waals surface area contributed by atoms with Gasteiger partial charge in [-0.1, -0.05) is 38.2 Å². The van der Waals surface area contributed by atoms with E-state index in [1.165, 1.54) is 29.2 Å². The molecule has 0 bridgehead atoms. The Labute approximate surface area is 265 Å². The fourth-order valence-corrected chi connectivity index (χ4v) is 6.40. The summed E-state index contributed by atoms with van der Waals surface area (Å²) in [7, 11) is 0. The zero-order valence-electron chi connectivity index (χ0n) is 25.0. The van der Waals surface area contributed by atoms with Gasteiger partial charge in [0, 0.05) is 36.7 Å². The van der Waals surface area contributed by atoms with Crippen molar-refractivity contribution >= 4 is 41.9 Å². The number of hydrogen-bond acceptors (Lipinski definition) is 8. The van der Waals surface area contributed by atoms with Crippen LogP contribution < -0.4 is 15.2 Å². The van der Waals surface area contributed by atoms with E-state index in [1.54, 1.807) is 6.07 Å². The van der Waals surface area contributed by atoms with Crippen LogP contribution in [0.1, 0.15) is 69.7 Å². The first-order valence-corrected chi connectivity index (χ1v) is 15.7. The third-order valence-electron chi connectivity index (χ3n) is 8.53. The summed E-state index contributed by atoms with van der Waals surface area (Å²) < 4.78 is 48.8. The molecule has 2 aromatic heterocycles. The van der Waals surface area contributed by atoms with E-state index in [0.29, 0.717) is 28.9 Å². The van der Waals surface area contributed by atoms with Crippen LogP contribution in [0.2, 0.25) is 16.8 Å². The molecule has 2 aromatic rings. The first kappa shape index (κ1) is 33.7. The molecule has 1 aliphatic heterocycles. The fraction of sp³-hybridized carbons (Fsp3) is 0.552. The summed E-state index contributed by atoms with van der Waals surface area (Å²) in [5.41, 5.74) is 4.99. The molecule has 1 saturated heterocycles. The van der Waals surface area contributed by atoms with Gasteiger partial charge >= 0.3 is 6.18 Å². The van der Waals surface area contributed by atoms with Gasteiger partial charge in [0.25, 0.3) is 12.6 Å². The second-order valence-corrected chi connectivity index (χ2v) is 13.3. The number of halogens is 4. The van der Waals surface area contributed by atoms with Crippen LogP contribution in [-0.4, -0.2) is 52.4 Å². The molecule has 3 heterocycles. The SMILES string of the molecule is CC(=NCCCC1CB(C#N)C(C)(C)C1)/C(=C\N)SNC(=O)c1ccc(-n2ccc(OCCC3(C(F)(F)F)CC3)n2)nc1Cl. The molecule has 4 rings (SSSR count). The monoisotopic (exact) mass is 649 g/mol. The van der Waals surface area contributed by atoms with E-state index in [9.17, 15) is 23.2 Å². The van der Waals surface area contributed by atoms with Crippen LogP contribution in [0.15, 0.2) is 40.5 Å². The van der Waals surface area contributed by atoms with Crippen molar-refractivity contribution in [1.82, 2.24) is 19.5 Å². The maximum absolute atomic E-state index is 13.1. The number of aliphatic imine (C=N–C) groups is 1. The number of ether oxygens (including phenoxy) is 1. The number of nitriles is 1. The molecule has 3 N–H and O–H groups in total. The molecular weight excluding hydrogens is 614 g/mol. The molecule has 2 aliphatic rings. The number of nitrogens with two attached hydrogens (primary N) is 1. The van der Waals surface area contributed by atoms with Crippen molar-refractivity contribution in [3.63, 3.8) is 0 Å². The standard InChI is InChI=1S/C29H36BClF3N7O2S/c1-19(37-12-4-5-20-15-27(2,3)30(16-20)18-36)22(17-35)44-40-26(42)21-6-7-23(38-25(21)31)41-13-8-24(39-41)43-14-11-28(9-10-28)29(32,33)34/h6-8,13,17,20H,4-5,9-12,14-16,35H2,1-3H3,(H,40,42)/b22-17+,37-19?. The number of allylic oxidation sites excluding steroid dienone is 1. The second-order valence-electron chi connectivity index (χ2n) is 12.1. The van der Waals surface area contributed by atoms with E-state index in [1.807, 2.05) is 6.92 Å².